The number of aliphatic imine (C=N–C) groups is 1. The van der Waals surface area contributed by atoms with E-state index in [1.54, 1.807) is 0 Å². The molecule has 98 valence electrons. The van der Waals surface area contributed by atoms with Crippen LogP contribution in [0.3, 0.4) is 0 Å². The molecule has 0 spiro atoms. The molecule has 0 saturated carbocycles. The van der Waals surface area contributed by atoms with Crippen LogP contribution in [0.5, 0.6) is 0 Å². The smallest absolute Gasteiger partial charge is 0.195 e. The van der Waals surface area contributed by atoms with E-state index in [0.717, 1.165) is 25.9 Å². The van der Waals surface area contributed by atoms with Gasteiger partial charge < -0.3 is 10.6 Å². The predicted octanol–water partition coefficient (Wildman–Crippen LogP) is 2.72. The summed E-state index contributed by atoms with van der Waals surface area (Å²) in [6.07, 6.45) is 2.29. The van der Waals surface area contributed by atoms with Crippen LogP contribution in [0.25, 0.3) is 0 Å². The van der Waals surface area contributed by atoms with Gasteiger partial charge in [-0.2, -0.15) is 0 Å². The summed E-state index contributed by atoms with van der Waals surface area (Å²) in [6, 6.07) is 6.58. The second kappa shape index (κ2) is 5.42. The zero-order chi connectivity index (χ0) is 13.1. The van der Waals surface area contributed by atoms with Crippen LogP contribution in [0, 0.1) is 12.8 Å². The number of aryl methyl sites for hydroxylation is 2. The molecule has 1 aliphatic rings. The van der Waals surface area contributed by atoms with E-state index in [1.807, 2.05) is 0 Å². The van der Waals surface area contributed by atoms with Gasteiger partial charge >= 0.3 is 0 Å². The van der Waals surface area contributed by atoms with Gasteiger partial charge in [-0.15, -0.1) is 0 Å². The van der Waals surface area contributed by atoms with Crippen molar-refractivity contribution < 1.29 is 0 Å². The van der Waals surface area contributed by atoms with Crippen LogP contribution in [-0.2, 0) is 6.42 Å². The first-order chi connectivity index (χ1) is 8.58. The van der Waals surface area contributed by atoms with Crippen LogP contribution in [0.15, 0.2) is 23.2 Å². The Labute approximate surface area is 110 Å². The fourth-order valence-electron chi connectivity index (χ4n) is 2.33. The summed E-state index contributed by atoms with van der Waals surface area (Å²) in [4.78, 5) is 6.64. The first-order valence-corrected chi connectivity index (χ1v) is 6.75. The maximum absolute atomic E-state index is 6.13. The summed E-state index contributed by atoms with van der Waals surface area (Å²) >= 11 is 0. The largest absolute Gasteiger partial charge is 0.370 e. The number of anilines is 1. The van der Waals surface area contributed by atoms with Crippen molar-refractivity contribution in [3.63, 3.8) is 0 Å². The lowest BCUT2D eigenvalue weighted by Crippen LogP contribution is -2.41. The highest BCUT2D eigenvalue weighted by molar-refractivity contribution is 5.96. The fourth-order valence-corrected chi connectivity index (χ4v) is 2.33. The highest BCUT2D eigenvalue weighted by atomic mass is 15.3. The highest BCUT2D eigenvalue weighted by Gasteiger charge is 2.19. The summed E-state index contributed by atoms with van der Waals surface area (Å²) in [7, 11) is 0. The van der Waals surface area contributed by atoms with Gasteiger partial charge in [0.1, 0.15) is 0 Å². The Kier molecular flexibility index (Phi) is 3.90. The Morgan fingerprint density at radius 2 is 2.22 bits per heavy atom. The minimum absolute atomic E-state index is 0.547. The normalized spacial score (nSPS) is 16.0. The Hall–Kier alpha value is -1.51. The lowest BCUT2D eigenvalue weighted by molar-refractivity contribution is 0.661. The molecule has 3 heteroatoms. The summed E-state index contributed by atoms with van der Waals surface area (Å²) in [5.74, 6) is 1.21. The van der Waals surface area contributed by atoms with Gasteiger partial charge in [0, 0.05) is 18.8 Å². The van der Waals surface area contributed by atoms with Crippen molar-refractivity contribution in [3.8, 4) is 0 Å². The molecule has 1 aromatic rings. The molecule has 0 aliphatic carbocycles. The van der Waals surface area contributed by atoms with Crippen molar-refractivity contribution >= 4 is 11.6 Å². The molecule has 2 N–H and O–H groups in total. The van der Waals surface area contributed by atoms with E-state index in [1.165, 1.54) is 16.8 Å². The molecule has 2 rings (SSSR count). The second-order valence-corrected chi connectivity index (χ2v) is 5.48. The predicted molar refractivity (Wildman–Crippen MR) is 78.2 cm³/mol. The minimum Gasteiger partial charge on any atom is -0.370 e. The topological polar surface area (TPSA) is 41.6 Å². The zero-order valence-corrected chi connectivity index (χ0v) is 11.6. The third-order valence-corrected chi connectivity index (χ3v) is 3.25. The van der Waals surface area contributed by atoms with E-state index in [2.05, 4.69) is 48.9 Å². The summed E-state index contributed by atoms with van der Waals surface area (Å²) in [5, 5.41) is 0. The molecule has 0 saturated heterocycles. The average Bonchev–Trinajstić information content (AvgIpc) is 2.34. The molecule has 0 radical (unpaired) electrons. The number of nitrogens with zero attached hydrogens (tertiary/aromatic N) is 2. The molecule has 0 amide bonds. The molecule has 0 fully saturated rings. The lowest BCUT2D eigenvalue weighted by atomic mass is 10.00. The molecule has 0 unspecified atom stereocenters. The molecule has 1 heterocycles. The van der Waals surface area contributed by atoms with E-state index in [0.29, 0.717) is 11.9 Å². The minimum atomic E-state index is 0.547. The van der Waals surface area contributed by atoms with Gasteiger partial charge in [-0.05, 0) is 37.3 Å². The number of benzene rings is 1. The average molecular weight is 245 g/mol. The Bertz CT molecular complexity index is 449. The van der Waals surface area contributed by atoms with Crippen LogP contribution in [0.2, 0.25) is 0 Å². The maximum Gasteiger partial charge on any atom is 0.195 e. The van der Waals surface area contributed by atoms with Crippen molar-refractivity contribution in [2.75, 3.05) is 18.0 Å². The first kappa shape index (κ1) is 12.9. The maximum atomic E-state index is 6.13. The number of guanidine groups is 1. The van der Waals surface area contributed by atoms with Gasteiger partial charge in [0.2, 0.25) is 0 Å². The third kappa shape index (κ3) is 2.84. The zero-order valence-electron chi connectivity index (χ0n) is 11.6. The monoisotopic (exact) mass is 245 g/mol. The Morgan fingerprint density at radius 3 is 2.94 bits per heavy atom. The number of hydrogen-bond donors (Lipinski definition) is 1. The summed E-state index contributed by atoms with van der Waals surface area (Å²) in [6.45, 7) is 8.22. The summed E-state index contributed by atoms with van der Waals surface area (Å²) in [5.41, 5.74) is 10.1. The van der Waals surface area contributed by atoms with Crippen LogP contribution < -0.4 is 10.6 Å². The van der Waals surface area contributed by atoms with E-state index < -0.39 is 0 Å². The van der Waals surface area contributed by atoms with Gasteiger partial charge in [0.25, 0.3) is 0 Å². The molecule has 0 bridgehead atoms. The van der Waals surface area contributed by atoms with Gasteiger partial charge in [-0.25, -0.2) is 0 Å². The van der Waals surface area contributed by atoms with Gasteiger partial charge in [-0.1, -0.05) is 31.5 Å². The van der Waals surface area contributed by atoms with Crippen LogP contribution in [0.1, 0.15) is 31.4 Å². The molecular weight excluding hydrogens is 222 g/mol. The number of hydrogen-bond acceptors (Lipinski definition) is 1. The first-order valence-electron chi connectivity index (χ1n) is 6.75. The number of fused-ring (bicyclic) bond motifs is 1. The van der Waals surface area contributed by atoms with Gasteiger partial charge in [0.05, 0.1) is 0 Å². The Balaban J connectivity index is 2.24. The van der Waals surface area contributed by atoms with Crippen molar-refractivity contribution in [1.82, 2.24) is 0 Å². The van der Waals surface area contributed by atoms with Crippen molar-refractivity contribution in [3.05, 3.63) is 29.3 Å². The number of rotatable bonds is 2. The standard InChI is InChI=1S/C15H23N3/c1-11(2)10-17-15(16)18-8-4-5-13-9-12(3)6-7-14(13)18/h6-7,9,11H,4-5,8,10H2,1-3H3,(H2,16,17). The molecular formula is C15H23N3. The quantitative estimate of drug-likeness (QED) is 0.643. The highest BCUT2D eigenvalue weighted by Crippen LogP contribution is 2.27. The van der Waals surface area contributed by atoms with Gasteiger partial charge in [-0.3, -0.25) is 4.99 Å². The molecule has 18 heavy (non-hydrogen) atoms. The molecule has 0 aromatic heterocycles. The fraction of sp³-hybridized carbons (Fsp3) is 0.533. The molecule has 3 nitrogen and oxygen atoms in total. The lowest BCUT2D eigenvalue weighted by Gasteiger charge is -2.30. The molecule has 0 atom stereocenters. The van der Waals surface area contributed by atoms with E-state index >= 15 is 0 Å². The second-order valence-electron chi connectivity index (χ2n) is 5.48. The van der Waals surface area contributed by atoms with Crippen molar-refractivity contribution in [2.45, 2.75) is 33.6 Å². The van der Waals surface area contributed by atoms with E-state index in [-0.39, 0.29) is 0 Å². The van der Waals surface area contributed by atoms with E-state index in [9.17, 15) is 0 Å². The molecule has 1 aliphatic heterocycles. The van der Waals surface area contributed by atoms with Crippen LogP contribution in [-0.4, -0.2) is 19.0 Å². The third-order valence-electron chi connectivity index (χ3n) is 3.25. The van der Waals surface area contributed by atoms with Crippen molar-refractivity contribution in [1.29, 1.82) is 0 Å². The van der Waals surface area contributed by atoms with Crippen LogP contribution >= 0.6 is 0 Å². The van der Waals surface area contributed by atoms with Crippen LogP contribution in [0.4, 0.5) is 5.69 Å². The number of nitrogens with two attached hydrogens (primary N) is 1. The van der Waals surface area contributed by atoms with E-state index in [4.69, 9.17) is 5.73 Å². The Morgan fingerprint density at radius 1 is 1.44 bits per heavy atom. The molecule has 1 aromatic carbocycles. The SMILES string of the molecule is Cc1ccc2c(c1)CCCN2C(N)=NCC(C)C. The van der Waals surface area contributed by atoms with Crippen molar-refractivity contribution in [2.24, 2.45) is 16.6 Å². The van der Waals surface area contributed by atoms with Gasteiger partial charge in [0.15, 0.2) is 5.96 Å². The summed E-state index contributed by atoms with van der Waals surface area (Å²) < 4.78 is 0.